The Kier molecular flexibility index (Phi) is 3.47. The number of rotatable bonds is 1. The Hall–Kier alpha value is -1.84. The highest BCUT2D eigenvalue weighted by Gasteiger charge is 2.47. The van der Waals surface area contributed by atoms with E-state index in [2.05, 4.69) is 11.4 Å². The van der Waals surface area contributed by atoms with Crippen LogP contribution >= 0.6 is 0 Å². The minimum atomic E-state index is -0.662. The minimum absolute atomic E-state index is 0.0449. The number of nitrogens with one attached hydrogen (secondary N) is 1. The van der Waals surface area contributed by atoms with Gasteiger partial charge in [0, 0.05) is 5.69 Å². The number of nitrogens with zero attached hydrogens (tertiary/aromatic N) is 1. The minimum Gasteiger partial charge on any atom is -0.340 e. The van der Waals surface area contributed by atoms with E-state index in [9.17, 15) is 9.59 Å². The molecule has 0 atom stereocenters. The summed E-state index contributed by atoms with van der Waals surface area (Å²) in [5.74, 6) is 0.0187. The molecule has 112 valence electrons. The van der Waals surface area contributed by atoms with E-state index in [1.165, 1.54) is 0 Å². The molecule has 1 aliphatic heterocycles. The van der Waals surface area contributed by atoms with Crippen LogP contribution in [0.4, 0.5) is 5.69 Å². The molecular formula is C17H22N2O2. The van der Waals surface area contributed by atoms with Crippen LogP contribution in [0.15, 0.2) is 18.2 Å². The number of carbonyl (C=O) groups excluding carboxylic acids is 2. The molecular weight excluding hydrogens is 264 g/mol. The summed E-state index contributed by atoms with van der Waals surface area (Å²) in [6.45, 7) is 4.16. The Labute approximate surface area is 125 Å². The van der Waals surface area contributed by atoms with E-state index in [0.29, 0.717) is 0 Å². The number of hydrogen-bond acceptors (Lipinski definition) is 2. The summed E-state index contributed by atoms with van der Waals surface area (Å²) in [5, 5.41) is 2.98. The van der Waals surface area contributed by atoms with Gasteiger partial charge in [-0.05, 0) is 38.3 Å². The summed E-state index contributed by atoms with van der Waals surface area (Å²) in [4.78, 5) is 26.8. The molecule has 3 rings (SSSR count). The lowest BCUT2D eigenvalue weighted by molar-refractivity contribution is -0.137. The fourth-order valence-corrected chi connectivity index (χ4v) is 3.63. The van der Waals surface area contributed by atoms with Crippen molar-refractivity contribution in [2.24, 2.45) is 0 Å². The number of amides is 2. The number of carbonyl (C=O) groups is 2. The summed E-state index contributed by atoms with van der Waals surface area (Å²) in [7, 11) is 0. The smallest absolute Gasteiger partial charge is 0.253 e. The van der Waals surface area contributed by atoms with Crippen LogP contribution in [0.25, 0.3) is 0 Å². The van der Waals surface area contributed by atoms with Gasteiger partial charge in [0.25, 0.3) is 5.91 Å². The predicted octanol–water partition coefficient (Wildman–Crippen LogP) is 2.47. The molecule has 4 heteroatoms. The predicted molar refractivity (Wildman–Crippen MR) is 82.2 cm³/mol. The first-order chi connectivity index (χ1) is 10.0. The van der Waals surface area contributed by atoms with Crippen LogP contribution in [0.1, 0.15) is 43.2 Å². The highest BCUT2D eigenvalue weighted by atomic mass is 16.2. The van der Waals surface area contributed by atoms with Crippen molar-refractivity contribution in [2.75, 3.05) is 11.4 Å². The summed E-state index contributed by atoms with van der Waals surface area (Å²) < 4.78 is 0. The van der Waals surface area contributed by atoms with Gasteiger partial charge in [-0.2, -0.15) is 0 Å². The quantitative estimate of drug-likeness (QED) is 0.862. The lowest BCUT2D eigenvalue weighted by Gasteiger charge is -2.44. The average molecular weight is 286 g/mol. The van der Waals surface area contributed by atoms with Crippen molar-refractivity contribution < 1.29 is 9.59 Å². The van der Waals surface area contributed by atoms with Gasteiger partial charge in [0.05, 0.1) is 0 Å². The lowest BCUT2D eigenvalue weighted by atomic mass is 9.79. The van der Waals surface area contributed by atoms with Crippen molar-refractivity contribution in [2.45, 2.75) is 51.5 Å². The maximum absolute atomic E-state index is 13.0. The summed E-state index contributed by atoms with van der Waals surface area (Å²) >= 11 is 0. The molecule has 0 unspecified atom stereocenters. The molecule has 1 spiro atoms. The molecule has 1 aromatic rings. The van der Waals surface area contributed by atoms with E-state index >= 15 is 0 Å². The number of piperazine rings is 1. The van der Waals surface area contributed by atoms with Gasteiger partial charge >= 0.3 is 0 Å². The van der Waals surface area contributed by atoms with E-state index in [1.807, 2.05) is 26.0 Å². The summed E-state index contributed by atoms with van der Waals surface area (Å²) in [5.41, 5.74) is 2.41. The molecule has 0 radical (unpaired) electrons. The molecule has 1 aromatic carbocycles. The average Bonchev–Trinajstić information content (AvgIpc) is 2.44. The van der Waals surface area contributed by atoms with Crippen LogP contribution in [-0.4, -0.2) is 23.9 Å². The van der Waals surface area contributed by atoms with Crippen molar-refractivity contribution in [1.29, 1.82) is 0 Å². The van der Waals surface area contributed by atoms with Gasteiger partial charge in [0.15, 0.2) is 0 Å². The third-order valence-electron chi connectivity index (χ3n) is 4.69. The fourth-order valence-electron chi connectivity index (χ4n) is 3.63. The molecule has 0 bridgehead atoms. The van der Waals surface area contributed by atoms with Crippen molar-refractivity contribution in [1.82, 2.24) is 5.32 Å². The van der Waals surface area contributed by atoms with Crippen molar-refractivity contribution in [3.05, 3.63) is 29.3 Å². The van der Waals surface area contributed by atoms with Crippen LogP contribution < -0.4 is 10.2 Å². The monoisotopic (exact) mass is 286 g/mol. The molecule has 21 heavy (non-hydrogen) atoms. The maximum atomic E-state index is 13.0. The third kappa shape index (κ3) is 2.43. The molecule has 0 aromatic heterocycles. The summed E-state index contributed by atoms with van der Waals surface area (Å²) in [6.07, 6.45) is 4.69. The summed E-state index contributed by atoms with van der Waals surface area (Å²) in [6, 6.07) is 6.01. The van der Waals surface area contributed by atoms with Crippen LogP contribution in [0.2, 0.25) is 0 Å². The van der Waals surface area contributed by atoms with Gasteiger partial charge in [0.2, 0.25) is 5.91 Å². The number of aryl methyl sites for hydroxylation is 2. The number of hydrogen-bond donors (Lipinski definition) is 1. The molecule has 4 nitrogen and oxygen atoms in total. The number of anilines is 1. The lowest BCUT2D eigenvalue weighted by Crippen LogP contribution is -2.67. The molecule has 1 heterocycles. The third-order valence-corrected chi connectivity index (χ3v) is 4.69. The Balaban J connectivity index is 1.97. The van der Waals surface area contributed by atoms with Crippen molar-refractivity contribution in [3.63, 3.8) is 0 Å². The number of benzene rings is 1. The molecule has 1 saturated heterocycles. The van der Waals surface area contributed by atoms with Gasteiger partial charge in [-0.25, -0.2) is 0 Å². The first-order valence-electron chi connectivity index (χ1n) is 7.72. The maximum Gasteiger partial charge on any atom is 0.253 e. The Morgan fingerprint density at radius 1 is 1.10 bits per heavy atom. The highest BCUT2D eigenvalue weighted by Crippen LogP contribution is 2.34. The van der Waals surface area contributed by atoms with Crippen LogP contribution in [0.5, 0.6) is 0 Å². The molecule has 1 aliphatic carbocycles. The van der Waals surface area contributed by atoms with Crippen LogP contribution in [0.3, 0.4) is 0 Å². The Bertz CT molecular complexity index is 588. The normalized spacial score (nSPS) is 21.5. The van der Waals surface area contributed by atoms with Gasteiger partial charge in [-0.1, -0.05) is 37.0 Å². The fraction of sp³-hybridized carbons (Fsp3) is 0.529. The molecule has 2 fully saturated rings. The Morgan fingerprint density at radius 3 is 2.48 bits per heavy atom. The molecule has 1 saturated carbocycles. The second kappa shape index (κ2) is 5.17. The van der Waals surface area contributed by atoms with Gasteiger partial charge in [-0.15, -0.1) is 0 Å². The second-order valence-electron chi connectivity index (χ2n) is 6.37. The van der Waals surface area contributed by atoms with E-state index in [-0.39, 0.29) is 18.4 Å². The molecule has 2 amide bonds. The van der Waals surface area contributed by atoms with E-state index in [4.69, 9.17) is 0 Å². The van der Waals surface area contributed by atoms with Gasteiger partial charge in [-0.3, -0.25) is 9.59 Å². The molecule has 1 N–H and O–H groups in total. The van der Waals surface area contributed by atoms with Crippen molar-refractivity contribution in [3.8, 4) is 0 Å². The highest BCUT2D eigenvalue weighted by molar-refractivity contribution is 6.09. The molecule has 2 aliphatic rings. The van der Waals surface area contributed by atoms with Crippen LogP contribution in [-0.2, 0) is 9.59 Å². The first kappa shape index (κ1) is 14.1. The van der Waals surface area contributed by atoms with Crippen molar-refractivity contribution >= 4 is 17.5 Å². The Morgan fingerprint density at radius 2 is 1.81 bits per heavy atom. The van der Waals surface area contributed by atoms with Gasteiger partial charge < -0.3 is 10.2 Å². The van der Waals surface area contributed by atoms with E-state index in [0.717, 1.165) is 48.9 Å². The van der Waals surface area contributed by atoms with Crippen LogP contribution in [0, 0.1) is 13.8 Å². The van der Waals surface area contributed by atoms with Gasteiger partial charge in [0.1, 0.15) is 12.1 Å². The van der Waals surface area contributed by atoms with E-state index in [1.54, 1.807) is 4.90 Å². The second-order valence-corrected chi connectivity index (χ2v) is 6.37. The van der Waals surface area contributed by atoms with E-state index < -0.39 is 5.54 Å². The zero-order valence-corrected chi connectivity index (χ0v) is 12.7. The standard InChI is InChI=1S/C17H22N2O2/c1-12-6-7-14(13(2)10-12)19-11-15(20)18-17(16(19)21)8-4-3-5-9-17/h6-7,10H,3-5,8-9,11H2,1-2H3,(H,18,20). The first-order valence-corrected chi connectivity index (χ1v) is 7.72. The largest absolute Gasteiger partial charge is 0.340 e. The SMILES string of the molecule is Cc1ccc(N2CC(=O)NC3(CCCCC3)C2=O)c(C)c1. The zero-order valence-electron chi connectivity index (χ0n) is 12.7. The zero-order chi connectivity index (χ0) is 15.0. The topological polar surface area (TPSA) is 49.4 Å².